The number of aromatic nitrogens is 2. The van der Waals surface area contributed by atoms with Crippen LogP contribution in [0.5, 0.6) is 11.8 Å². The molecule has 0 aliphatic rings. The van der Waals surface area contributed by atoms with Crippen molar-refractivity contribution in [2.24, 2.45) is 0 Å². The quantitative estimate of drug-likeness (QED) is 0.167. The lowest BCUT2D eigenvalue weighted by atomic mass is 10.1. The van der Waals surface area contributed by atoms with Crippen molar-refractivity contribution in [3.05, 3.63) is 36.4 Å². The van der Waals surface area contributed by atoms with Gasteiger partial charge in [-0.2, -0.15) is 0 Å². The molecule has 0 N–H and O–H groups in total. The number of hydrogen-bond donors (Lipinski definition) is 0. The van der Waals surface area contributed by atoms with Crippen molar-refractivity contribution in [3.8, 4) is 11.8 Å². The van der Waals surface area contributed by atoms with E-state index in [9.17, 15) is 0 Å². The zero-order valence-corrected chi connectivity index (χ0v) is 20.1. The summed E-state index contributed by atoms with van der Waals surface area (Å²) in [5.74, 6) is 1.41. The summed E-state index contributed by atoms with van der Waals surface area (Å²) >= 11 is 0. The van der Waals surface area contributed by atoms with Gasteiger partial charge in [-0.3, -0.25) is 0 Å². The SMILES string of the molecule is CCCCCCCCCCOc1ccc2c(ccc3nc(OCCCCCC)ccc32)n1. The molecule has 0 atom stereocenters. The first kappa shape index (κ1) is 24.3. The Bertz CT molecular complexity index is 941. The average molecular weight is 437 g/mol. The highest BCUT2D eigenvalue weighted by atomic mass is 16.5. The molecule has 0 unspecified atom stereocenters. The number of nitrogens with zero attached hydrogens (tertiary/aromatic N) is 2. The number of pyridine rings is 2. The standard InChI is InChI=1S/C28H40N2O2/c1-3-5-7-9-10-11-12-14-22-32-28-20-16-24-23-15-19-27(31-21-13-8-6-4-2)29-25(23)17-18-26(24)30-28/h15-20H,3-14,21-22H2,1-2H3. The van der Waals surface area contributed by atoms with Gasteiger partial charge in [-0.15, -0.1) is 0 Å². The van der Waals surface area contributed by atoms with Crippen molar-refractivity contribution >= 4 is 21.8 Å². The topological polar surface area (TPSA) is 44.2 Å². The van der Waals surface area contributed by atoms with Crippen LogP contribution in [0.2, 0.25) is 0 Å². The fourth-order valence-electron chi connectivity index (χ4n) is 4.06. The van der Waals surface area contributed by atoms with E-state index >= 15 is 0 Å². The maximum absolute atomic E-state index is 5.92. The van der Waals surface area contributed by atoms with Gasteiger partial charge in [0.2, 0.25) is 11.8 Å². The summed E-state index contributed by atoms with van der Waals surface area (Å²) in [6.07, 6.45) is 15.2. The van der Waals surface area contributed by atoms with Crippen molar-refractivity contribution in [2.75, 3.05) is 13.2 Å². The maximum atomic E-state index is 5.92. The largest absolute Gasteiger partial charge is 0.478 e. The summed E-state index contributed by atoms with van der Waals surface area (Å²) in [5, 5.41) is 2.20. The summed E-state index contributed by atoms with van der Waals surface area (Å²) in [6.45, 7) is 5.95. The Morgan fingerprint density at radius 2 is 0.906 bits per heavy atom. The lowest BCUT2D eigenvalue weighted by Crippen LogP contribution is -2.00. The van der Waals surface area contributed by atoms with Crippen molar-refractivity contribution in [2.45, 2.75) is 90.9 Å². The molecular weight excluding hydrogens is 396 g/mol. The van der Waals surface area contributed by atoms with E-state index in [4.69, 9.17) is 14.5 Å². The molecule has 2 aromatic heterocycles. The van der Waals surface area contributed by atoms with Crippen molar-refractivity contribution in [3.63, 3.8) is 0 Å². The Hall–Kier alpha value is -2.36. The van der Waals surface area contributed by atoms with Gasteiger partial charge in [0, 0.05) is 22.9 Å². The van der Waals surface area contributed by atoms with E-state index in [2.05, 4.69) is 31.0 Å². The minimum absolute atomic E-state index is 0.701. The first-order chi connectivity index (χ1) is 15.8. The Labute approximate surface area is 193 Å². The number of unbranched alkanes of at least 4 members (excludes halogenated alkanes) is 10. The molecule has 0 saturated carbocycles. The molecular formula is C28H40N2O2. The Morgan fingerprint density at radius 1 is 0.500 bits per heavy atom. The van der Waals surface area contributed by atoms with E-state index in [1.54, 1.807) is 0 Å². The molecule has 0 bridgehead atoms. The highest BCUT2D eigenvalue weighted by Crippen LogP contribution is 2.27. The molecule has 4 heteroatoms. The molecule has 0 spiro atoms. The summed E-state index contributed by atoms with van der Waals surface area (Å²) in [4.78, 5) is 9.40. The number of benzene rings is 1. The molecule has 0 fully saturated rings. The summed E-state index contributed by atoms with van der Waals surface area (Å²) in [6, 6.07) is 12.2. The van der Waals surface area contributed by atoms with E-state index in [-0.39, 0.29) is 0 Å². The van der Waals surface area contributed by atoms with Crippen LogP contribution in [0.1, 0.15) is 90.9 Å². The van der Waals surface area contributed by atoms with Crippen LogP contribution in [-0.4, -0.2) is 23.2 Å². The molecule has 1 aromatic carbocycles. The average Bonchev–Trinajstić information content (AvgIpc) is 2.82. The zero-order valence-electron chi connectivity index (χ0n) is 20.1. The Morgan fingerprint density at radius 3 is 1.38 bits per heavy atom. The smallest absolute Gasteiger partial charge is 0.213 e. The number of ether oxygens (including phenoxy) is 2. The normalized spacial score (nSPS) is 11.3. The second-order valence-electron chi connectivity index (χ2n) is 8.73. The van der Waals surface area contributed by atoms with Crippen LogP contribution < -0.4 is 9.47 Å². The van der Waals surface area contributed by atoms with Crippen LogP contribution in [0.3, 0.4) is 0 Å². The molecule has 4 nitrogen and oxygen atoms in total. The molecule has 3 rings (SSSR count). The van der Waals surface area contributed by atoms with Crippen LogP contribution >= 0.6 is 0 Å². The monoisotopic (exact) mass is 436 g/mol. The van der Waals surface area contributed by atoms with E-state index < -0.39 is 0 Å². The minimum Gasteiger partial charge on any atom is -0.478 e. The van der Waals surface area contributed by atoms with Crippen molar-refractivity contribution < 1.29 is 9.47 Å². The fraction of sp³-hybridized carbons (Fsp3) is 0.571. The van der Waals surface area contributed by atoms with Crippen LogP contribution in [0, 0.1) is 0 Å². The summed E-state index contributed by atoms with van der Waals surface area (Å²) < 4.78 is 11.8. The van der Waals surface area contributed by atoms with Crippen LogP contribution in [-0.2, 0) is 0 Å². The summed E-state index contributed by atoms with van der Waals surface area (Å²) in [7, 11) is 0. The lowest BCUT2D eigenvalue weighted by molar-refractivity contribution is 0.294. The van der Waals surface area contributed by atoms with E-state index in [1.165, 1.54) is 64.2 Å². The van der Waals surface area contributed by atoms with Crippen molar-refractivity contribution in [1.82, 2.24) is 9.97 Å². The van der Waals surface area contributed by atoms with Gasteiger partial charge in [0.1, 0.15) is 0 Å². The molecule has 0 amide bonds. The third-order valence-corrected chi connectivity index (χ3v) is 5.98. The Kier molecular flexibility index (Phi) is 10.6. The maximum Gasteiger partial charge on any atom is 0.213 e. The predicted octanol–water partition coefficient (Wildman–Crippen LogP) is 8.26. The predicted molar refractivity (Wildman–Crippen MR) is 135 cm³/mol. The van der Waals surface area contributed by atoms with Gasteiger partial charge < -0.3 is 9.47 Å². The molecule has 174 valence electrons. The van der Waals surface area contributed by atoms with Crippen LogP contribution in [0.4, 0.5) is 0 Å². The molecule has 3 aromatic rings. The highest BCUT2D eigenvalue weighted by Gasteiger charge is 2.07. The van der Waals surface area contributed by atoms with Gasteiger partial charge in [-0.05, 0) is 37.1 Å². The van der Waals surface area contributed by atoms with Gasteiger partial charge in [0.15, 0.2) is 0 Å². The Balaban J connectivity index is 1.49. The van der Waals surface area contributed by atoms with Gasteiger partial charge >= 0.3 is 0 Å². The third kappa shape index (κ3) is 7.65. The molecule has 0 aliphatic heterocycles. The molecule has 0 aliphatic carbocycles. The van der Waals surface area contributed by atoms with E-state index in [1.807, 2.05) is 24.3 Å². The molecule has 32 heavy (non-hydrogen) atoms. The highest BCUT2D eigenvalue weighted by molar-refractivity contribution is 6.04. The first-order valence-electron chi connectivity index (χ1n) is 12.8. The number of rotatable bonds is 16. The summed E-state index contributed by atoms with van der Waals surface area (Å²) in [5.41, 5.74) is 1.89. The van der Waals surface area contributed by atoms with Gasteiger partial charge in [0.25, 0.3) is 0 Å². The number of hydrogen-bond acceptors (Lipinski definition) is 4. The van der Waals surface area contributed by atoms with E-state index in [0.29, 0.717) is 11.8 Å². The fourth-order valence-corrected chi connectivity index (χ4v) is 4.06. The first-order valence-corrected chi connectivity index (χ1v) is 12.8. The lowest BCUT2D eigenvalue weighted by Gasteiger charge is -2.09. The minimum atomic E-state index is 0.701. The third-order valence-electron chi connectivity index (χ3n) is 5.98. The molecule has 2 heterocycles. The van der Waals surface area contributed by atoms with Crippen LogP contribution in [0.25, 0.3) is 21.8 Å². The van der Waals surface area contributed by atoms with Gasteiger partial charge in [0.05, 0.1) is 24.2 Å². The van der Waals surface area contributed by atoms with Gasteiger partial charge in [-0.1, -0.05) is 78.1 Å². The van der Waals surface area contributed by atoms with Crippen molar-refractivity contribution in [1.29, 1.82) is 0 Å². The number of fused-ring (bicyclic) bond motifs is 3. The van der Waals surface area contributed by atoms with Crippen LogP contribution in [0.15, 0.2) is 36.4 Å². The van der Waals surface area contributed by atoms with E-state index in [0.717, 1.165) is 47.9 Å². The second-order valence-corrected chi connectivity index (χ2v) is 8.73. The molecule has 0 saturated heterocycles. The second kappa shape index (κ2) is 13.9. The molecule has 0 radical (unpaired) electrons. The zero-order chi connectivity index (χ0) is 22.4. The van der Waals surface area contributed by atoms with Gasteiger partial charge in [-0.25, -0.2) is 9.97 Å².